The van der Waals surface area contributed by atoms with Gasteiger partial charge in [-0.25, -0.2) is 4.98 Å². The number of amides is 1. The molecule has 130 valence electrons. The number of hydrogen-bond acceptors (Lipinski definition) is 2. The van der Waals surface area contributed by atoms with Gasteiger partial charge in [0.2, 0.25) is 5.91 Å². The number of hydrogen-bond donors (Lipinski definition) is 2. The molecule has 1 aromatic heterocycles. The van der Waals surface area contributed by atoms with Crippen molar-refractivity contribution in [2.45, 2.75) is 26.3 Å². The van der Waals surface area contributed by atoms with E-state index < -0.39 is 0 Å². The van der Waals surface area contributed by atoms with Gasteiger partial charge in [0.1, 0.15) is 5.82 Å². The maximum atomic E-state index is 12.5. The van der Waals surface area contributed by atoms with Crippen LogP contribution >= 0.6 is 23.2 Å². The summed E-state index contributed by atoms with van der Waals surface area (Å²) in [6.45, 7) is 4.10. The molecule has 3 aromatic rings. The number of carbonyl (C=O) groups excluding carboxylic acids is 1. The van der Waals surface area contributed by atoms with Gasteiger partial charge in [0.15, 0.2) is 0 Å². The summed E-state index contributed by atoms with van der Waals surface area (Å²) in [4.78, 5) is 20.4. The summed E-state index contributed by atoms with van der Waals surface area (Å²) < 4.78 is 0. The molecule has 2 N–H and O–H groups in total. The zero-order chi connectivity index (χ0) is 18.0. The lowest BCUT2D eigenvalue weighted by molar-refractivity contribution is -0.121. The second kappa shape index (κ2) is 7.46. The predicted molar refractivity (Wildman–Crippen MR) is 102 cm³/mol. The average molecular weight is 376 g/mol. The molecule has 0 radical (unpaired) electrons. The molecule has 0 aliphatic carbocycles. The summed E-state index contributed by atoms with van der Waals surface area (Å²) in [7, 11) is 0. The number of fused-ring (bicyclic) bond motifs is 1. The van der Waals surface area contributed by atoms with E-state index in [9.17, 15) is 4.79 Å². The second-order valence-corrected chi connectivity index (χ2v) is 7.18. The third-order valence-electron chi connectivity index (χ3n) is 4.05. The summed E-state index contributed by atoms with van der Waals surface area (Å²) in [5.41, 5.74) is 2.59. The Hall–Kier alpha value is -2.04. The van der Waals surface area contributed by atoms with E-state index >= 15 is 0 Å². The predicted octanol–water partition coefficient (Wildman–Crippen LogP) is 4.93. The Morgan fingerprint density at radius 3 is 2.64 bits per heavy atom. The monoisotopic (exact) mass is 375 g/mol. The summed E-state index contributed by atoms with van der Waals surface area (Å²) in [5.74, 6) is 0.834. The van der Waals surface area contributed by atoms with Crippen LogP contribution in [-0.4, -0.2) is 15.9 Å². The molecule has 0 fully saturated rings. The van der Waals surface area contributed by atoms with E-state index in [0.717, 1.165) is 22.4 Å². The zero-order valence-corrected chi connectivity index (χ0v) is 15.5. The van der Waals surface area contributed by atoms with Gasteiger partial charge in [-0.05, 0) is 35.7 Å². The number of para-hydroxylation sites is 2. The lowest BCUT2D eigenvalue weighted by Crippen LogP contribution is -2.33. The first-order valence-electron chi connectivity index (χ1n) is 8.12. The molecule has 0 spiro atoms. The number of aromatic amines is 1. The smallest absolute Gasteiger partial charge is 0.225 e. The van der Waals surface area contributed by atoms with Gasteiger partial charge >= 0.3 is 0 Å². The van der Waals surface area contributed by atoms with Crippen LogP contribution in [0.1, 0.15) is 31.3 Å². The Balaban J connectivity index is 1.78. The Labute approximate surface area is 156 Å². The van der Waals surface area contributed by atoms with Crippen LogP contribution in [0.5, 0.6) is 0 Å². The molecule has 3 rings (SSSR count). The number of H-pyrrole nitrogens is 1. The Bertz CT molecular complexity index is 872. The lowest BCUT2D eigenvalue weighted by Gasteiger charge is -2.20. The van der Waals surface area contributed by atoms with Crippen LogP contribution in [0.25, 0.3) is 11.0 Å². The molecule has 1 atom stereocenters. The molecule has 0 aliphatic rings. The largest absolute Gasteiger partial charge is 0.346 e. The Kier molecular flexibility index (Phi) is 5.30. The number of imidazole rings is 1. The van der Waals surface area contributed by atoms with Crippen LogP contribution in [0.2, 0.25) is 10.0 Å². The number of rotatable bonds is 5. The Morgan fingerprint density at radius 2 is 1.96 bits per heavy atom. The van der Waals surface area contributed by atoms with Gasteiger partial charge in [0.25, 0.3) is 0 Å². The maximum Gasteiger partial charge on any atom is 0.225 e. The van der Waals surface area contributed by atoms with E-state index in [0.29, 0.717) is 10.0 Å². The van der Waals surface area contributed by atoms with Gasteiger partial charge < -0.3 is 10.3 Å². The van der Waals surface area contributed by atoms with Crippen LogP contribution in [0.15, 0.2) is 42.5 Å². The minimum absolute atomic E-state index is 0.108. The first-order valence-corrected chi connectivity index (χ1v) is 8.87. The fourth-order valence-electron chi connectivity index (χ4n) is 2.73. The molecule has 0 bridgehead atoms. The van der Waals surface area contributed by atoms with Crippen LogP contribution in [0.4, 0.5) is 0 Å². The molecular weight excluding hydrogens is 357 g/mol. The van der Waals surface area contributed by atoms with Crippen molar-refractivity contribution in [1.82, 2.24) is 15.3 Å². The van der Waals surface area contributed by atoms with Crippen molar-refractivity contribution < 1.29 is 4.79 Å². The van der Waals surface area contributed by atoms with Crippen molar-refractivity contribution >= 4 is 40.1 Å². The van der Waals surface area contributed by atoms with Crippen LogP contribution in [0.3, 0.4) is 0 Å². The molecule has 1 heterocycles. The first-order chi connectivity index (χ1) is 11.9. The second-order valence-electron chi connectivity index (χ2n) is 6.34. The van der Waals surface area contributed by atoms with Crippen LogP contribution < -0.4 is 5.32 Å². The van der Waals surface area contributed by atoms with Crippen LogP contribution in [-0.2, 0) is 11.2 Å². The SMILES string of the molecule is CC(C)C(NC(=O)Cc1ccc(Cl)cc1Cl)c1nc2ccccc2[nH]1. The Morgan fingerprint density at radius 1 is 1.20 bits per heavy atom. The first kappa shape index (κ1) is 17.8. The number of nitrogens with zero attached hydrogens (tertiary/aromatic N) is 1. The highest BCUT2D eigenvalue weighted by Crippen LogP contribution is 2.24. The molecule has 1 unspecified atom stereocenters. The summed E-state index contributed by atoms with van der Waals surface area (Å²) in [5, 5.41) is 4.11. The van der Waals surface area contributed by atoms with Gasteiger partial charge in [-0.15, -0.1) is 0 Å². The van der Waals surface area contributed by atoms with Crippen molar-refractivity contribution in [2.75, 3.05) is 0 Å². The van der Waals surface area contributed by atoms with E-state index in [1.54, 1.807) is 18.2 Å². The minimum atomic E-state index is -0.203. The fraction of sp³-hybridized carbons (Fsp3) is 0.263. The number of nitrogens with one attached hydrogen (secondary N) is 2. The lowest BCUT2D eigenvalue weighted by atomic mass is 10.0. The zero-order valence-electron chi connectivity index (χ0n) is 14.0. The van der Waals surface area contributed by atoms with Crippen LogP contribution in [0, 0.1) is 5.92 Å². The molecular formula is C19H19Cl2N3O. The number of benzene rings is 2. The standard InChI is InChI=1S/C19H19Cl2N3O/c1-11(2)18(19-22-15-5-3-4-6-16(15)23-19)24-17(25)9-12-7-8-13(20)10-14(12)21/h3-8,10-11,18H,9H2,1-2H3,(H,22,23)(H,24,25). The summed E-state index contributed by atoms with van der Waals surface area (Å²) in [6.07, 6.45) is 0.194. The number of aromatic nitrogens is 2. The highest BCUT2D eigenvalue weighted by molar-refractivity contribution is 6.35. The van der Waals surface area contributed by atoms with Crippen molar-refractivity contribution in [1.29, 1.82) is 0 Å². The summed E-state index contributed by atoms with van der Waals surface area (Å²) in [6, 6.07) is 12.8. The molecule has 0 saturated heterocycles. The fourth-order valence-corrected chi connectivity index (χ4v) is 3.21. The molecule has 0 aliphatic heterocycles. The van der Waals surface area contributed by atoms with Crippen molar-refractivity contribution in [3.63, 3.8) is 0 Å². The third kappa shape index (κ3) is 4.14. The average Bonchev–Trinajstić information content (AvgIpc) is 2.98. The van der Waals surface area contributed by atoms with Gasteiger partial charge in [-0.1, -0.05) is 55.2 Å². The number of carbonyl (C=O) groups is 1. The number of halogens is 2. The molecule has 1 amide bonds. The van der Waals surface area contributed by atoms with E-state index in [4.69, 9.17) is 23.2 Å². The van der Waals surface area contributed by atoms with Gasteiger partial charge in [0.05, 0.1) is 23.5 Å². The van der Waals surface area contributed by atoms with E-state index in [1.807, 2.05) is 38.1 Å². The molecule has 6 heteroatoms. The minimum Gasteiger partial charge on any atom is -0.346 e. The third-order valence-corrected chi connectivity index (χ3v) is 4.64. The summed E-state index contributed by atoms with van der Waals surface area (Å²) >= 11 is 12.1. The normalized spacial score (nSPS) is 12.5. The van der Waals surface area contributed by atoms with Gasteiger partial charge in [0, 0.05) is 10.0 Å². The van der Waals surface area contributed by atoms with Crippen molar-refractivity contribution in [2.24, 2.45) is 5.92 Å². The van der Waals surface area contributed by atoms with E-state index in [1.165, 1.54) is 0 Å². The topological polar surface area (TPSA) is 57.8 Å². The maximum absolute atomic E-state index is 12.5. The molecule has 4 nitrogen and oxygen atoms in total. The molecule has 2 aromatic carbocycles. The highest BCUT2D eigenvalue weighted by Gasteiger charge is 2.22. The van der Waals surface area contributed by atoms with Gasteiger partial charge in [-0.3, -0.25) is 4.79 Å². The van der Waals surface area contributed by atoms with E-state index in [-0.39, 0.29) is 24.3 Å². The molecule has 0 saturated carbocycles. The molecule has 25 heavy (non-hydrogen) atoms. The quantitative estimate of drug-likeness (QED) is 0.664. The van der Waals surface area contributed by atoms with Crippen molar-refractivity contribution in [3.8, 4) is 0 Å². The van der Waals surface area contributed by atoms with E-state index in [2.05, 4.69) is 15.3 Å². The highest BCUT2D eigenvalue weighted by atomic mass is 35.5. The van der Waals surface area contributed by atoms with Gasteiger partial charge in [-0.2, -0.15) is 0 Å². The van der Waals surface area contributed by atoms with Crippen molar-refractivity contribution in [3.05, 3.63) is 63.9 Å².